The summed E-state index contributed by atoms with van der Waals surface area (Å²) in [7, 11) is 2.98. The van der Waals surface area contributed by atoms with Gasteiger partial charge < -0.3 is 15.9 Å². The number of ketones is 4. The van der Waals surface area contributed by atoms with Crippen LogP contribution in [0.1, 0.15) is 22.3 Å². The van der Waals surface area contributed by atoms with Gasteiger partial charge in [-0.1, -0.05) is 0 Å². The lowest BCUT2D eigenvalue weighted by Gasteiger charge is -2.52. The lowest BCUT2D eigenvalue weighted by atomic mass is 9.52. The van der Waals surface area contributed by atoms with Crippen LogP contribution in [0.3, 0.4) is 0 Å². The van der Waals surface area contributed by atoms with E-state index in [0.717, 1.165) is 12.1 Å². The molecule has 1 aromatic rings. The van der Waals surface area contributed by atoms with Gasteiger partial charge in [0.15, 0.2) is 34.7 Å². The number of amides is 1. The number of carbonyl (C=O) groups excluding carboxylic acids is 5. The Labute approximate surface area is 176 Å². The number of Topliss-reactive ketones (excluding diaryl/α,β-unsaturated/α-hetero) is 4. The fourth-order valence-electron chi connectivity index (χ4n) is 5.57. The number of halogens is 1. The van der Waals surface area contributed by atoms with Gasteiger partial charge >= 0.3 is 0 Å². The van der Waals surface area contributed by atoms with Crippen LogP contribution in [0.4, 0.5) is 4.39 Å². The number of hydrogen-bond donors (Lipinski definition) is 3. The fraction of sp³-hybridized carbons (Fsp3) is 0.476. The lowest BCUT2D eigenvalue weighted by Crippen LogP contribution is -2.74. The van der Waals surface area contributed by atoms with Gasteiger partial charge in [-0.2, -0.15) is 0 Å². The van der Waals surface area contributed by atoms with Crippen molar-refractivity contribution >= 4 is 29.0 Å². The van der Waals surface area contributed by atoms with E-state index in [0.29, 0.717) is 0 Å². The molecule has 0 bridgehead atoms. The minimum absolute atomic E-state index is 0.0469. The standard InChI is InChI=1S/C21H21FN2O7/c1-24(2)15-9-6-7-5-8-10(22)3-4-11(25)13(8)16(26)12(7)18(28)21(9,31)19(29)14(17(15)27)20(23)30/h3-4,7,9,12,14-15,25,31H,5-6H2,1-2H3,(H2,23,30)/t7-,9-,12?,14?,15-,21-/m0/s1. The molecule has 0 spiro atoms. The van der Waals surface area contributed by atoms with Crippen molar-refractivity contribution in [2.24, 2.45) is 29.4 Å². The van der Waals surface area contributed by atoms with Crippen LogP contribution in [0.2, 0.25) is 0 Å². The zero-order valence-electron chi connectivity index (χ0n) is 16.8. The highest BCUT2D eigenvalue weighted by Crippen LogP contribution is 2.50. The van der Waals surface area contributed by atoms with E-state index in [1.54, 1.807) is 0 Å². The van der Waals surface area contributed by atoms with Crippen molar-refractivity contribution in [3.63, 3.8) is 0 Å². The smallest absolute Gasteiger partial charge is 0.235 e. The first kappa shape index (κ1) is 21.3. The maximum absolute atomic E-state index is 14.4. The van der Waals surface area contributed by atoms with Gasteiger partial charge in [-0.15, -0.1) is 0 Å². The average molecular weight is 432 g/mol. The van der Waals surface area contributed by atoms with Crippen molar-refractivity contribution < 1.29 is 38.6 Å². The molecule has 4 N–H and O–H groups in total. The molecule has 0 aliphatic heterocycles. The minimum atomic E-state index is -2.78. The summed E-state index contributed by atoms with van der Waals surface area (Å²) >= 11 is 0. The number of nitrogens with zero attached hydrogens (tertiary/aromatic N) is 1. The number of rotatable bonds is 2. The topological polar surface area (TPSA) is 155 Å². The first-order valence-corrected chi connectivity index (χ1v) is 9.77. The molecular weight excluding hydrogens is 411 g/mol. The average Bonchev–Trinajstić information content (AvgIpc) is 2.67. The predicted molar refractivity (Wildman–Crippen MR) is 101 cm³/mol. The molecule has 31 heavy (non-hydrogen) atoms. The van der Waals surface area contributed by atoms with Crippen LogP contribution < -0.4 is 5.73 Å². The summed E-state index contributed by atoms with van der Waals surface area (Å²) < 4.78 is 14.4. The maximum Gasteiger partial charge on any atom is 0.235 e. The number of carbonyl (C=O) groups is 5. The first-order valence-electron chi connectivity index (χ1n) is 9.77. The molecule has 9 nitrogen and oxygen atoms in total. The molecule has 1 aromatic carbocycles. The third-order valence-corrected chi connectivity index (χ3v) is 6.89. The molecule has 0 aromatic heterocycles. The number of nitrogens with two attached hydrogens (primary N) is 1. The fourth-order valence-corrected chi connectivity index (χ4v) is 5.57. The number of phenolic OH excluding ortho intramolecular Hbond substituents is 1. The predicted octanol–water partition coefficient (Wildman–Crippen LogP) is -0.994. The summed E-state index contributed by atoms with van der Waals surface area (Å²) in [5.74, 6) is -12.3. The summed E-state index contributed by atoms with van der Waals surface area (Å²) in [6, 6.07) is 0.819. The molecule has 2 unspecified atom stereocenters. The molecule has 1 amide bonds. The van der Waals surface area contributed by atoms with Crippen LogP contribution in [-0.4, -0.2) is 69.9 Å². The molecule has 4 rings (SSSR count). The summed E-state index contributed by atoms with van der Waals surface area (Å²) in [4.78, 5) is 65.7. The van der Waals surface area contributed by atoms with Crippen molar-refractivity contribution in [1.29, 1.82) is 0 Å². The van der Waals surface area contributed by atoms with E-state index in [1.807, 2.05) is 0 Å². The number of likely N-dealkylation sites (N-methyl/N-ethyl adjacent to an activating group) is 1. The highest BCUT2D eigenvalue weighted by atomic mass is 19.1. The molecule has 0 radical (unpaired) electrons. The molecule has 2 saturated carbocycles. The van der Waals surface area contributed by atoms with Crippen molar-refractivity contribution in [1.82, 2.24) is 4.90 Å². The number of phenols is 1. The number of fused-ring (bicyclic) bond motifs is 3. The molecular formula is C21H21FN2O7. The second-order valence-electron chi connectivity index (χ2n) is 8.71. The summed E-state index contributed by atoms with van der Waals surface area (Å²) in [5.41, 5.74) is 2.05. The SMILES string of the molecule is CN(C)[C@@H]1C(=O)C(C(N)=O)C(=O)[C@@]2(O)C(=O)C3C(=O)c4c(O)ccc(F)c4C[C@H]3C[C@@H]12. The molecule has 3 aliphatic rings. The van der Waals surface area contributed by atoms with Gasteiger partial charge in [0.2, 0.25) is 5.91 Å². The Balaban J connectivity index is 1.88. The van der Waals surface area contributed by atoms with E-state index in [4.69, 9.17) is 5.73 Å². The highest BCUT2D eigenvalue weighted by molar-refractivity contribution is 6.32. The number of primary amides is 1. The summed E-state index contributed by atoms with van der Waals surface area (Å²) in [5, 5.41) is 21.4. The molecule has 2 fully saturated rings. The van der Waals surface area contributed by atoms with Gasteiger partial charge in [0.25, 0.3) is 0 Å². The van der Waals surface area contributed by atoms with E-state index in [-0.39, 0.29) is 24.0 Å². The number of aromatic hydroxyl groups is 1. The molecule has 164 valence electrons. The zero-order valence-corrected chi connectivity index (χ0v) is 16.8. The van der Waals surface area contributed by atoms with Crippen LogP contribution in [0.25, 0.3) is 0 Å². The largest absolute Gasteiger partial charge is 0.507 e. The van der Waals surface area contributed by atoms with Gasteiger partial charge in [-0.05, 0) is 45.0 Å². The van der Waals surface area contributed by atoms with E-state index >= 15 is 0 Å². The molecule has 0 heterocycles. The monoisotopic (exact) mass is 432 g/mol. The zero-order chi connectivity index (χ0) is 23.0. The van der Waals surface area contributed by atoms with Crippen molar-refractivity contribution in [3.8, 4) is 5.75 Å². The Morgan fingerprint density at radius 3 is 2.42 bits per heavy atom. The van der Waals surface area contributed by atoms with Crippen LogP contribution in [-0.2, 0) is 25.6 Å². The van der Waals surface area contributed by atoms with E-state index in [1.165, 1.54) is 19.0 Å². The lowest BCUT2D eigenvalue weighted by molar-refractivity contribution is -0.181. The normalized spacial score (nSPS) is 34.9. The van der Waals surface area contributed by atoms with Gasteiger partial charge in [0, 0.05) is 11.5 Å². The summed E-state index contributed by atoms with van der Waals surface area (Å²) in [6.07, 6.45) is -0.203. The Morgan fingerprint density at radius 2 is 1.84 bits per heavy atom. The third-order valence-electron chi connectivity index (χ3n) is 6.89. The van der Waals surface area contributed by atoms with Crippen molar-refractivity contribution in [3.05, 3.63) is 29.1 Å². The van der Waals surface area contributed by atoms with Crippen LogP contribution in [0.5, 0.6) is 5.75 Å². The minimum Gasteiger partial charge on any atom is -0.507 e. The second kappa shape index (κ2) is 6.76. The van der Waals surface area contributed by atoms with Gasteiger partial charge in [0.05, 0.1) is 17.5 Å². The van der Waals surface area contributed by atoms with E-state index < -0.39 is 75.9 Å². The molecule has 6 atom stereocenters. The van der Waals surface area contributed by atoms with Crippen LogP contribution in [0, 0.1) is 29.5 Å². The molecule has 10 heteroatoms. The summed E-state index contributed by atoms with van der Waals surface area (Å²) in [6.45, 7) is 0. The third kappa shape index (κ3) is 2.64. The molecule has 0 saturated heterocycles. The Morgan fingerprint density at radius 1 is 1.19 bits per heavy atom. The van der Waals surface area contributed by atoms with Crippen LogP contribution in [0.15, 0.2) is 12.1 Å². The van der Waals surface area contributed by atoms with Gasteiger partial charge in [0.1, 0.15) is 11.6 Å². The highest BCUT2D eigenvalue weighted by Gasteiger charge is 2.69. The van der Waals surface area contributed by atoms with Crippen molar-refractivity contribution in [2.45, 2.75) is 24.5 Å². The number of benzene rings is 1. The van der Waals surface area contributed by atoms with E-state index in [2.05, 4.69) is 0 Å². The van der Waals surface area contributed by atoms with Crippen molar-refractivity contribution in [2.75, 3.05) is 14.1 Å². The Kier molecular flexibility index (Phi) is 4.64. The first-order chi connectivity index (χ1) is 14.4. The number of hydrogen-bond acceptors (Lipinski definition) is 8. The Hall–Kier alpha value is -2.98. The quantitative estimate of drug-likeness (QED) is 0.503. The second-order valence-corrected chi connectivity index (χ2v) is 8.71. The van der Waals surface area contributed by atoms with Gasteiger partial charge in [-0.25, -0.2) is 4.39 Å². The molecule has 3 aliphatic carbocycles. The number of aliphatic hydroxyl groups is 1. The van der Waals surface area contributed by atoms with E-state index in [9.17, 15) is 38.6 Å². The maximum atomic E-state index is 14.4. The Bertz CT molecular complexity index is 1070. The van der Waals surface area contributed by atoms with Crippen LogP contribution >= 0.6 is 0 Å². The van der Waals surface area contributed by atoms with Gasteiger partial charge in [-0.3, -0.25) is 28.9 Å².